The van der Waals surface area contributed by atoms with E-state index in [1.807, 2.05) is 6.07 Å². The minimum atomic E-state index is -0.620. The topological polar surface area (TPSA) is 93.6 Å². The minimum absolute atomic E-state index is 0. The summed E-state index contributed by atoms with van der Waals surface area (Å²) in [6.07, 6.45) is 4.97. The van der Waals surface area contributed by atoms with Gasteiger partial charge in [-0.3, -0.25) is 15.3 Å². The summed E-state index contributed by atoms with van der Waals surface area (Å²) in [5, 5.41) is 12.6. The SMILES string of the molecule is COc1cc(C2CC2)ncc1-c1nccc(NC(=O)OC(C)(C)C)c1CO.[BH4-].[Na+]. The molecule has 2 heterocycles. The summed E-state index contributed by atoms with van der Waals surface area (Å²) in [5.41, 5.74) is 2.47. The van der Waals surface area contributed by atoms with Gasteiger partial charge in [-0.25, -0.2) is 4.79 Å². The molecule has 1 saturated carbocycles. The predicted octanol–water partition coefficient (Wildman–Crippen LogP) is -0.579. The van der Waals surface area contributed by atoms with Crippen LogP contribution in [-0.2, 0) is 11.3 Å². The van der Waals surface area contributed by atoms with Crippen molar-refractivity contribution in [3.63, 3.8) is 0 Å². The first kappa shape index (κ1) is 25.4. The van der Waals surface area contributed by atoms with Gasteiger partial charge in [0.2, 0.25) is 0 Å². The predicted molar refractivity (Wildman–Crippen MR) is 113 cm³/mol. The fourth-order valence-corrected chi connectivity index (χ4v) is 2.82. The van der Waals surface area contributed by atoms with E-state index in [-0.39, 0.29) is 44.6 Å². The molecule has 29 heavy (non-hydrogen) atoms. The third-order valence-corrected chi connectivity index (χ3v) is 4.21. The minimum Gasteiger partial charge on any atom is -0.496 e. The first-order valence-corrected chi connectivity index (χ1v) is 8.95. The molecule has 1 aliphatic rings. The van der Waals surface area contributed by atoms with Crippen LogP contribution in [0.5, 0.6) is 5.75 Å². The number of carbonyl (C=O) groups is 1. The van der Waals surface area contributed by atoms with Gasteiger partial charge in [0.1, 0.15) is 11.4 Å². The Bertz CT molecular complexity index is 854. The fraction of sp³-hybridized carbons (Fsp3) is 0.450. The molecule has 9 heteroatoms. The Balaban J connectivity index is 0.00000210. The zero-order chi connectivity index (χ0) is 19.6. The van der Waals surface area contributed by atoms with E-state index < -0.39 is 11.7 Å². The molecule has 0 aliphatic heterocycles. The van der Waals surface area contributed by atoms with E-state index in [1.165, 1.54) is 0 Å². The van der Waals surface area contributed by atoms with Gasteiger partial charge >= 0.3 is 35.7 Å². The molecule has 0 spiro atoms. The van der Waals surface area contributed by atoms with E-state index >= 15 is 0 Å². The smallest absolute Gasteiger partial charge is 0.496 e. The van der Waals surface area contributed by atoms with Gasteiger partial charge in [-0.15, -0.1) is 0 Å². The van der Waals surface area contributed by atoms with E-state index in [9.17, 15) is 9.90 Å². The fourth-order valence-electron chi connectivity index (χ4n) is 2.82. The molecule has 0 aromatic carbocycles. The van der Waals surface area contributed by atoms with Crippen LogP contribution in [-0.4, -0.2) is 42.3 Å². The molecule has 1 fully saturated rings. The summed E-state index contributed by atoms with van der Waals surface area (Å²) in [5.74, 6) is 1.14. The third-order valence-electron chi connectivity index (χ3n) is 4.21. The van der Waals surface area contributed by atoms with Crippen molar-refractivity contribution in [3.05, 3.63) is 35.8 Å². The van der Waals surface area contributed by atoms with Crippen LogP contribution >= 0.6 is 0 Å². The number of aliphatic hydroxyl groups is 1. The number of hydrogen-bond donors (Lipinski definition) is 2. The summed E-state index contributed by atoms with van der Waals surface area (Å²) in [4.78, 5) is 21.0. The summed E-state index contributed by atoms with van der Waals surface area (Å²) in [7, 11) is 1.59. The zero-order valence-electron chi connectivity index (χ0n) is 17.1. The number of carbonyl (C=O) groups excluding carboxylic acids is 1. The van der Waals surface area contributed by atoms with Gasteiger partial charge < -0.3 is 14.6 Å². The van der Waals surface area contributed by atoms with Crippen LogP contribution in [0.4, 0.5) is 10.5 Å². The first-order chi connectivity index (χ1) is 12.8. The molecule has 0 bridgehead atoms. The van der Waals surface area contributed by atoms with Crippen LogP contribution in [0, 0.1) is 0 Å². The standard InChI is InChI=1S/C20H25N3O4.BH4.Na/c1-20(2,3)27-19(25)23-15-7-8-21-18(14(15)11-24)13-10-22-16(12-5-6-12)9-17(13)26-4;;/h7-10,12,24H,5-6,11H2,1-4H3,(H,21,23,25);1H4;/q;-1;+1. The molecule has 0 saturated heterocycles. The molecule has 0 unspecified atom stereocenters. The largest absolute Gasteiger partial charge is 1.00 e. The van der Waals surface area contributed by atoms with Gasteiger partial charge in [0.25, 0.3) is 0 Å². The molecule has 2 aromatic heterocycles. The van der Waals surface area contributed by atoms with E-state index in [4.69, 9.17) is 9.47 Å². The average Bonchev–Trinajstić information content (AvgIpc) is 3.44. The van der Waals surface area contributed by atoms with Crippen LogP contribution < -0.4 is 39.6 Å². The Morgan fingerprint density at radius 1 is 1.31 bits per heavy atom. The number of aliphatic hydroxyl groups excluding tert-OH is 1. The molecule has 2 aromatic rings. The number of pyridine rings is 2. The number of hydrogen-bond acceptors (Lipinski definition) is 6. The molecule has 1 amide bonds. The maximum atomic E-state index is 12.1. The zero-order valence-corrected chi connectivity index (χ0v) is 19.1. The second-order valence-electron chi connectivity index (χ2n) is 7.55. The van der Waals surface area contributed by atoms with Crippen molar-refractivity contribution in [2.24, 2.45) is 0 Å². The number of rotatable bonds is 5. The van der Waals surface area contributed by atoms with Crippen molar-refractivity contribution in [3.8, 4) is 17.0 Å². The van der Waals surface area contributed by atoms with Gasteiger partial charge in [0.05, 0.1) is 30.7 Å². The molecule has 0 radical (unpaired) electrons. The van der Waals surface area contributed by atoms with Gasteiger partial charge in [-0.05, 0) is 39.7 Å². The average molecular weight is 409 g/mol. The van der Waals surface area contributed by atoms with Crippen molar-refractivity contribution in [1.82, 2.24) is 9.97 Å². The van der Waals surface area contributed by atoms with Crippen molar-refractivity contribution >= 4 is 20.2 Å². The number of methoxy groups -OCH3 is 1. The molecule has 1 aliphatic carbocycles. The molecule has 3 rings (SSSR count). The number of nitrogens with zero attached hydrogens (tertiary/aromatic N) is 2. The van der Waals surface area contributed by atoms with Crippen LogP contribution in [0.1, 0.15) is 50.8 Å². The normalized spacial score (nSPS) is 13.0. The second-order valence-corrected chi connectivity index (χ2v) is 7.55. The van der Waals surface area contributed by atoms with Crippen LogP contribution in [0.2, 0.25) is 0 Å². The maximum Gasteiger partial charge on any atom is 1.00 e. The van der Waals surface area contributed by atoms with E-state index in [2.05, 4.69) is 15.3 Å². The maximum absolute atomic E-state index is 12.1. The number of aromatic nitrogens is 2. The Hall–Kier alpha value is -1.61. The summed E-state index contributed by atoms with van der Waals surface area (Å²) in [6, 6.07) is 3.54. The third kappa shape index (κ3) is 6.44. The quantitative estimate of drug-likeness (QED) is 0.643. The molecular formula is C20H29BN3NaO4. The number of ether oxygens (including phenoxy) is 2. The Labute approximate surface area is 195 Å². The molecule has 152 valence electrons. The molecule has 0 atom stereocenters. The van der Waals surface area contributed by atoms with Crippen LogP contribution in [0.25, 0.3) is 11.3 Å². The Kier molecular flexibility index (Phi) is 9.15. The van der Waals surface area contributed by atoms with E-state index in [0.29, 0.717) is 34.2 Å². The first-order valence-electron chi connectivity index (χ1n) is 8.95. The van der Waals surface area contributed by atoms with E-state index in [0.717, 1.165) is 18.5 Å². The van der Waals surface area contributed by atoms with Gasteiger partial charge in [0, 0.05) is 35.6 Å². The number of nitrogens with one attached hydrogen (secondary N) is 1. The summed E-state index contributed by atoms with van der Waals surface area (Å²) >= 11 is 0. The van der Waals surface area contributed by atoms with Crippen molar-refractivity contribution in [1.29, 1.82) is 0 Å². The van der Waals surface area contributed by atoms with Crippen molar-refractivity contribution in [2.45, 2.75) is 51.7 Å². The van der Waals surface area contributed by atoms with Gasteiger partial charge in [-0.2, -0.15) is 0 Å². The molecule has 7 nitrogen and oxygen atoms in total. The molecular weight excluding hydrogens is 380 g/mol. The van der Waals surface area contributed by atoms with Gasteiger partial charge in [0.15, 0.2) is 0 Å². The summed E-state index contributed by atoms with van der Waals surface area (Å²) < 4.78 is 10.8. The van der Waals surface area contributed by atoms with Gasteiger partial charge in [-0.1, -0.05) is 8.41 Å². The summed E-state index contributed by atoms with van der Waals surface area (Å²) in [6.45, 7) is 5.06. The Morgan fingerprint density at radius 3 is 2.55 bits per heavy atom. The van der Waals surface area contributed by atoms with E-state index in [1.54, 1.807) is 46.3 Å². The number of amides is 1. The molecule has 2 N–H and O–H groups in total. The monoisotopic (exact) mass is 409 g/mol. The number of anilines is 1. The Morgan fingerprint density at radius 2 is 2.00 bits per heavy atom. The van der Waals surface area contributed by atoms with Crippen molar-refractivity contribution < 1.29 is 48.9 Å². The van der Waals surface area contributed by atoms with Crippen LogP contribution in [0.3, 0.4) is 0 Å². The second kappa shape index (κ2) is 10.4. The van der Waals surface area contributed by atoms with Crippen molar-refractivity contribution in [2.75, 3.05) is 12.4 Å². The van der Waals surface area contributed by atoms with Crippen LogP contribution in [0.15, 0.2) is 24.5 Å².